The molecule has 0 heterocycles. The minimum atomic E-state index is -0.303. The first-order valence-corrected chi connectivity index (χ1v) is 12.9. The van der Waals surface area contributed by atoms with E-state index in [1.165, 1.54) is 76.3 Å². The predicted molar refractivity (Wildman–Crippen MR) is 112 cm³/mol. The lowest BCUT2D eigenvalue weighted by molar-refractivity contribution is -0.137. The third-order valence-corrected chi connectivity index (χ3v) is 8.07. The van der Waals surface area contributed by atoms with Crippen LogP contribution in [0.1, 0.15) is 77.0 Å². The van der Waals surface area contributed by atoms with Gasteiger partial charge >= 0.3 is 5.97 Å². The van der Waals surface area contributed by atoms with Crippen molar-refractivity contribution in [1.29, 1.82) is 0 Å². The summed E-state index contributed by atoms with van der Waals surface area (Å²) in [6.45, 7) is 3.92. The van der Waals surface area contributed by atoms with Crippen LogP contribution < -0.4 is 0 Å². The second-order valence-corrected chi connectivity index (χ2v) is 14.1. The zero-order valence-corrected chi connectivity index (χ0v) is 19.1. The topological polar surface area (TPSA) is 26.3 Å². The Labute approximate surface area is 162 Å². The third-order valence-electron chi connectivity index (χ3n) is 3.98. The number of carbonyl (C=O) groups excluding carboxylic acids is 1. The molecule has 0 bridgehead atoms. The number of unbranched alkanes of at least 4 members (excludes halogenated alkanes) is 11. The molecule has 0 N–H and O–H groups in total. The first-order chi connectivity index (χ1) is 11.2. The Morgan fingerprint density at radius 2 is 1.30 bits per heavy atom. The van der Waals surface area contributed by atoms with Crippen LogP contribution in [0.25, 0.3) is 0 Å². The van der Waals surface area contributed by atoms with E-state index < -0.39 is 0 Å². The normalized spacial score (nSPS) is 11.4. The molecule has 0 aliphatic heterocycles. The van der Waals surface area contributed by atoms with Crippen molar-refractivity contribution in [2.24, 2.45) is 0 Å². The number of hydrogen-bond donors (Lipinski definition) is 0. The van der Waals surface area contributed by atoms with Gasteiger partial charge in [0, 0.05) is 15.6 Å². The van der Waals surface area contributed by atoms with E-state index in [-0.39, 0.29) is 15.5 Å². The van der Waals surface area contributed by atoms with Crippen molar-refractivity contribution in [3.05, 3.63) is 12.7 Å². The highest BCUT2D eigenvalue weighted by atomic mass is 79.9. The van der Waals surface area contributed by atoms with Crippen LogP contribution in [0.3, 0.4) is 0 Å². The second kappa shape index (κ2) is 18.7. The van der Waals surface area contributed by atoms with Crippen LogP contribution in [-0.4, -0.2) is 25.5 Å². The van der Waals surface area contributed by atoms with E-state index in [4.69, 9.17) is 4.74 Å². The molecule has 2 nitrogen and oxygen atoms in total. The largest absolute Gasteiger partial charge is 0.463 e. The summed E-state index contributed by atoms with van der Waals surface area (Å²) in [7, 11) is 0.0834. The summed E-state index contributed by atoms with van der Waals surface area (Å²) in [4.78, 5) is 10.8. The quantitative estimate of drug-likeness (QED) is 0.0850. The van der Waals surface area contributed by atoms with Crippen molar-refractivity contribution in [2.75, 3.05) is 6.61 Å². The monoisotopic (exact) mass is 468 g/mol. The van der Waals surface area contributed by atoms with Crippen LogP contribution >= 0.6 is 31.9 Å². The molecule has 0 aromatic carbocycles. The van der Waals surface area contributed by atoms with Gasteiger partial charge in [-0.1, -0.05) is 115 Å². The Hall–Kier alpha value is 0.387. The van der Waals surface area contributed by atoms with E-state index >= 15 is 0 Å². The van der Waals surface area contributed by atoms with Crippen LogP contribution in [0.5, 0.6) is 0 Å². The zero-order valence-electron chi connectivity index (χ0n) is 14.5. The first kappa shape index (κ1) is 23.4. The lowest BCUT2D eigenvalue weighted by Crippen LogP contribution is -2.01. The number of ether oxygens (including phenoxy) is 1. The first-order valence-electron chi connectivity index (χ1n) is 9.24. The van der Waals surface area contributed by atoms with Gasteiger partial charge in [0.1, 0.15) is 0 Å². The van der Waals surface area contributed by atoms with Crippen LogP contribution in [-0.2, 0) is 9.53 Å². The minimum absolute atomic E-state index is 0.0834. The Bertz CT molecular complexity index is 286. The summed E-state index contributed by atoms with van der Waals surface area (Å²) in [6.07, 6.45) is 17.2. The van der Waals surface area contributed by atoms with Crippen molar-refractivity contribution >= 4 is 47.3 Å². The average Bonchev–Trinajstić information content (AvgIpc) is 2.53. The van der Waals surface area contributed by atoms with Crippen LogP contribution in [0.15, 0.2) is 12.7 Å². The SMILES string of the molecule is C=CC(=O)OCCCCCCCCCCCCCC[SiH2]C(Br)Br. The Balaban J connectivity index is 3.02. The van der Waals surface area contributed by atoms with Crippen molar-refractivity contribution < 1.29 is 9.53 Å². The molecule has 5 heteroatoms. The van der Waals surface area contributed by atoms with E-state index in [2.05, 4.69) is 38.4 Å². The molecule has 0 aliphatic carbocycles. The van der Waals surface area contributed by atoms with Gasteiger partial charge < -0.3 is 4.74 Å². The Morgan fingerprint density at radius 3 is 1.74 bits per heavy atom. The molecule has 0 atom stereocenters. The van der Waals surface area contributed by atoms with Gasteiger partial charge in [-0.3, -0.25) is 0 Å². The molecule has 0 radical (unpaired) electrons. The lowest BCUT2D eigenvalue weighted by Gasteiger charge is -2.04. The maximum Gasteiger partial charge on any atom is 0.330 e. The van der Waals surface area contributed by atoms with Gasteiger partial charge in [-0.25, -0.2) is 4.79 Å². The maximum atomic E-state index is 10.8. The zero-order chi connectivity index (χ0) is 17.2. The standard InChI is InChI=1S/C18H34Br2O2Si/c1-2-17(21)22-15-13-11-9-7-5-3-4-6-8-10-12-14-16-23-18(19)20/h2,18H,1,3-16,23H2. The smallest absolute Gasteiger partial charge is 0.330 e. The summed E-state index contributed by atoms with van der Waals surface area (Å²) in [6, 6.07) is 1.47. The van der Waals surface area contributed by atoms with E-state index in [0.717, 1.165) is 12.8 Å². The van der Waals surface area contributed by atoms with Crippen molar-refractivity contribution in [1.82, 2.24) is 0 Å². The summed E-state index contributed by atoms with van der Waals surface area (Å²) in [5.74, 6) is -0.303. The molecule has 0 spiro atoms. The Kier molecular flexibility index (Phi) is 19.0. The number of rotatable bonds is 17. The lowest BCUT2D eigenvalue weighted by atomic mass is 10.1. The van der Waals surface area contributed by atoms with E-state index in [1.807, 2.05) is 0 Å². The number of alkyl halides is 2. The predicted octanol–water partition coefficient (Wildman–Crippen LogP) is 6.06. The second-order valence-electron chi connectivity index (χ2n) is 6.15. The number of esters is 1. The fraction of sp³-hybridized carbons (Fsp3) is 0.833. The third kappa shape index (κ3) is 20.3. The van der Waals surface area contributed by atoms with E-state index in [1.54, 1.807) is 0 Å². The van der Waals surface area contributed by atoms with Gasteiger partial charge in [0.25, 0.3) is 0 Å². The molecule has 0 amide bonds. The van der Waals surface area contributed by atoms with Crippen molar-refractivity contribution in [2.45, 2.75) is 86.5 Å². The summed E-state index contributed by atoms with van der Waals surface area (Å²) in [5.41, 5.74) is 0. The van der Waals surface area contributed by atoms with Gasteiger partial charge in [0.15, 0.2) is 0 Å². The minimum Gasteiger partial charge on any atom is -0.463 e. The molecule has 0 aromatic rings. The molecule has 136 valence electrons. The van der Waals surface area contributed by atoms with Crippen LogP contribution in [0.4, 0.5) is 0 Å². The molecule has 23 heavy (non-hydrogen) atoms. The molecule has 0 aliphatic rings. The highest BCUT2D eigenvalue weighted by Gasteiger charge is 1.98. The summed E-state index contributed by atoms with van der Waals surface area (Å²) in [5, 5.41) is 0. The number of halogens is 2. The Morgan fingerprint density at radius 1 is 0.870 bits per heavy atom. The molecule has 0 saturated heterocycles. The molecule has 0 unspecified atom stereocenters. The van der Waals surface area contributed by atoms with E-state index in [0.29, 0.717) is 9.97 Å². The van der Waals surface area contributed by atoms with Gasteiger partial charge in [0.05, 0.1) is 9.97 Å². The summed E-state index contributed by atoms with van der Waals surface area (Å²) < 4.78 is 5.59. The highest BCUT2D eigenvalue weighted by molar-refractivity contribution is 9.25. The maximum absolute atomic E-state index is 10.8. The fourth-order valence-corrected chi connectivity index (χ4v) is 5.47. The molecular formula is C18H34Br2O2Si. The van der Waals surface area contributed by atoms with Crippen LogP contribution in [0, 0.1) is 0 Å². The van der Waals surface area contributed by atoms with Gasteiger partial charge in [0.2, 0.25) is 0 Å². The number of carbonyl (C=O) groups is 1. The fourth-order valence-electron chi connectivity index (χ4n) is 2.58. The molecule has 0 aromatic heterocycles. The van der Waals surface area contributed by atoms with Crippen molar-refractivity contribution in [3.8, 4) is 0 Å². The highest BCUT2D eigenvalue weighted by Crippen LogP contribution is 2.14. The van der Waals surface area contributed by atoms with E-state index in [9.17, 15) is 4.79 Å². The van der Waals surface area contributed by atoms with Gasteiger partial charge in [-0.05, 0) is 6.42 Å². The van der Waals surface area contributed by atoms with Gasteiger partial charge in [-0.15, -0.1) is 0 Å². The number of hydrogen-bond acceptors (Lipinski definition) is 2. The molecular weight excluding hydrogens is 436 g/mol. The summed E-state index contributed by atoms with van der Waals surface area (Å²) >= 11 is 7.16. The molecule has 0 saturated carbocycles. The van der Waals surface area contributed by atoms with Gasteiger partial charge in [-0.2, -0.15) is 0 Å². The molecule has 0 rings (SSSR count). The molecule has 0 fully saturated rings. The average molecular weight is 470 g/mol. The van der Waals surface area contributed by atoms with Crippen LogP contribution in [0.2, 0.25) is 6.04 Å². The van der Waals surface area contributed by atoms with Crippen molar-refractivity contribution in [3.63, 3.8) is 0 Å².